The number of benzene rings is 2. The van der Waals surface area contributed by atoms with E-state index in [1.807, 2.05) is 37.3 Å². The molecule has 0 spiro atoms. The van der Waals surface area contributed by atoms with E-state index in [-0.39, 0.29) is 5.91 Å². The monoisotopic (exact) mass is 332 g/mol. The minimum absolute atomic E-state index is 0.151. The lowest BCUT2D eigenvalue weighted by molar-refractivity contribution is 0.0950. The maximum absolute atomic E-state index is 12.3. The molecule has 2 aromatic carbocycles. The van der Waals surface area contributed by atoms with Gasteiger partial charge in [0.25, 0.3) is 5.91 Å². The number of aromatic nitrogens is 5. The quantitative estimate of drug-likeness (QED) is 0.600. The van der Waals surface area contributed by atoms with Crippen LogP contribution < -0.4 is 5.32 Å². The number of rotatable bonds is 4. The van der Waals surface area contributed by atoms with Crippen LogP contribution in [0.4, 0.5) is 0 Å². The van der Waals surface area contributed by atoms with E-state index in [2.05, 4.69) is 25.6 Å². The first-order chi connectivity index (χ1) is 12.2. The molecule has 0 atom stereocenters. The molecule has 2 heterocycles. The Hall–Kier alpha value is -3.48. The number of imidazole rings is 1. The molecule has 0 radical (unpaired) electrons. The van der Waals surface area contributed by atoms with E-state index in [0.717, 1.165) is 22.5 Å². The Morgan fingerprint density at radius 1 is 1.20 bits per heavy atom. The maximum Gasteiger partial charge on any atom is 0.251 e. The van der Waals surface area contributed by atoms with Crippen molar-refractivity contribution in [3.63, 3.8) is 0 Å². The van der Waals surface area contributed by atoms with Crippen LogP contribution >= 0.6 is 0 Å². The van der Waals surface area contributed by atoms with E-state index in [4.69, 9.17) is 0 Å². The summed E-state index contributed by atoms with van der Waals surface area (Å²) in [5, 5.41) is 10.6. The lowest BCUT2D eigenvalue weighted by Gasteiger charge is -2.05. The second-order valence-electron chi connectivity index (χ2n) is 5.78. The van der Waals surface area contributed by atoms with Crippen LogP contribution in [0.15, 0.2) is 54.9 Å². The number of carbonyl (C=O) groups excluding carboxylic acids is 1. The number of hydrogen-bond donors (Lipinski definition) is 2. The molecular formula is C18H16N6O. The number of H-pyrrole nitrogens is 1. The Morgan fingerprint density at radius 3 is 2.80 bits per heavy atom. The summed E-state index contributed by atoms with van der Waals surface area (Å²) in [4.78, 5) is 20.0. The van der Waals surface area contributed by atoms with Gasteiger partial charge in [0.1, 0.15) is 5.82 Å². The summed E-state index contributed by atoms with van der Waals surface area (Å²) in [6.07, 6.45) is 3.35. The van der Waals surface area contributed by atoms with Crippen LogP contribution in [0.5, 0.6) is 0 Å². The Balaban J connectivity index is 1.44. The van der Waals surface area contributed by atoms with Crippen LogP contribution in [-0.4, -0.2) is 30.9 Å². The Bertz CT molecular complexity index is 1020. The van der Waals surface area contributed by atoms with E-state index < -0.39 is 0 Å². The molecule has 7 nitrogen and oxygen atoms in total. The van der Waals surface area contributed by atoms with Crippen molar-refractivity contribution in [2.24, 2.45) is 0 Å². The van der Waals surface area contributed by atoms with Gasteiger partial charge in [0.2, 0.25) is 0 Å². The summed E-state index contributed by atoms with van der Waals surface area (Å²) in [6.45, 7) is 2.38. The van der Waals surface area contributed by atoms with Crippen molar-refractivity contribution in [3.05, 3.63) is 71.8 Å². The fraction of sp³-hybridized carbons (Fsp3) is 0.111. The molecule has 0 unspecified atom stereocenters. The molecule has 0 aliphatic heterocycles. The molecule has 4 rings (SSSR count). The van der Waals surface area contributed by atoms with Crippen molar-refractivity contribution < 1.29 is 4.79 Å². The van der Waals surface area contributed by atoms with Gasteiger partial charge < -0.3 is 10.3 Å². The Labute approximate surface area is 143 Å². The summed E-state index contributed by atoms with van der Waals surface area (Å²) in [6, 6.07) is 13.2. The van der Waals surface area contributed by atoms with Crippen LogP contribution in [-0.2, 0) is 6.54 Å². The summed E-state index contributed by atoms with van der Waals surface area (Å²) < 4.78 is 1.64. The largest absolute Gasteiger partial charge is 0.345 e. The molecular weight excluding hydrogens is 316 g/mol. The van der Waals surface area contributed by atoms with Crippen molar-refractivity contribution in [1.82, 2.24) is 30.3 Å². The van der Waals surface area contributed by atoms with Gasteiger partial charge in [-0.05, 0) is 48.9 Å². The van der Waals surface area contributed by atoms with E-state index >= 15 is 0 Å². The van der Waals surface area contributed by atoms with Gasteiger partial charge in [0, 0.05) is 5.56 Å². The summed E-state index contributed by atoms with van der Waals surface area (Å²) in [5.41, 5.74) is 4.46. The first-order valence-corrected chi connectivity index (χ1v) is 7.89. The van der Waals surface area contributed by atoms with Crippen molar-refractivity contribution in [2.75, 3.05) is 0 Å². The highest BCUT2D eigenvalue weighted by molar-refractivity contribution is 5.94. The number of fused-ring (bicyclic) bond motifs is 1. The molecule has 0 bridgehead atoms. The van der Waals surface area contributed by atoms with Crippen LogP contribution in [0, 0.1) is 6.92 Å². The van der Waals surface area contributed by atoms with Crippen LogP contribution in [0.1, 0.15) is 21.7 Å². The topological polar surface area (TPSA) is 88.5 Å². The zero-order valence-corrected chi connectivity index (χ0v) is 13.6. The van der Waals surface area contributed by atoms with E-state index in [1.54, 1.807) is 29.2 Å². The third-order valence-corrected chi connectivity index (χ3v) is 3.92. The molecule has 0 saturated carbocycles. The highest BCUT2D eigenvalue weighted by atomic mass is 16.1. The Kier molecular flexibility index (Phi) is 3.74. The smallest absolute Gasteiger partial charge is 0.251 e. The zero-order valence-electron chi connectivity index (χ0n) is 13.6. The lowest BCUT2D eigenvalue weighted by Crippen LogP contribution is -2.23. The van der Waals surface area contributed by atoms with E-state index in [1.165, 1.54) is 5.56 Å². The van der Waals surface area contributed by atoms with Crippen molar-refractivity contribution in [2.45, 2.75) is 13.5 Å². The first-order valence-electron chi connectivity index (χ1n) is 7.89. The second kappa shape index (κ2) is 6.20. The molecule has 1 amide bonds. The standard InChI is InChI=1S/C18H16N6O/c1-12-2-7-15-16(10-12)22-17(21-15)11-19-18(25)13-3-5-14(6-4-13)24-9-8-20-23-24/h2-10H,11H2,1H3,(H,19,25)(H,21,22). The normalized spacial score (nSPS) is 10.9. The Morgan fingerprint density at radius 2 is 2.04 bits per heavy atom. The fourth-order valence-corrected chi connectivity index (χ4v) is 2.64. The van der Waals surface area contributed by atoms with Gasteiger partial charge in [-0.2, -0.15) is 0 Å². The minimum atomic E-state index is -0.151. The lowest BCUT2D eigenvalue weighted by atomic mass is 10.2. The predicted octanol–water partition coefficient (Wildman–Crippen LogP) is 2.38. The highest BCUT2D eigenvalue weighted by Gasteiger charge is 2.08. The van der Waals surface area contributed by atoms with Gasteiger partial charge in [0.05, 0.1) is 35.7 Å². The van der Waals surface area contributed by atoms with Gasteiger partial charge in [0.15, 0.2) is 0 Å². The van der Waals surface area contributed by atoms with Gasteiger partial charge in [-0.25, -0.2) is 9.67 Å². The fourth-order valence-electron chi connectivity index (χ4n) is 2.64. The average Bonchev–Trinajstić information content (AvgIpc) is 3.29. The number of nitrogens with zero attached hydrogens (tertiary/aromatic N) is 4. The van der Waals surface area contributed by atoms with Crippen LogP contribution in [0.2, 0.25) is 0 Å². The molecule has 0 saturated heterocycles. The van der Waals surface area contributed by atoms with Gasteiger partial charge in [-0.15, -0.1) is 5.10 Å². The number of carbonyl (C=O) groups is 1. The molecule has 0 aliphatic rings. The van der Waals surface area contributed by atoms with Crippen molar-refractivity contribution >= 4 is 16.9 Å². The number of aromatic amines is 1. The average molecular weight is 332 g/mol. The number of amides is 1. The zero-order chi connectivity index (χ0) is 17.2. The molecule has 0 fully saturated rings. The van der Waals surface area contributed by atoms with Gasteiger partial charge >= 0.3 is 0 Å². The molecule has 124 valence electrons. The maximum atomic E-state index is 12.3. The summed E-state index contributed by atoms with van der Waals surface area (Å²) >= 11 is 0. The third kappa shape index (κ3) is 3.12. The molecule has 7 heteroatoms. The number of aryl methyl sites for hydroxylation is 1. The van der Waals surface area contributed by atoms with Crippen molar-refractivity contribution in [1.29, 1.82) is 0 Å². The molecule has 0 aliphatic carbocycles. The van der Waals surface area contributed by atoms with Crippen molar-refractivity contribution in [3.8, 4) is 5.69 Å². The predicted molar refractivity (Wildman–Crippen MR) is 93.4 cm³/mol. The first kappa shape index (κ1) is 15.1. The number of nitrogens with one attached hydrogen (secondary N) is 2. The van der Waals surface area contributed by atoms with E-state index in [0.29, 0.717) is 12.1 Å². The van der Waals surface area contributed by atoms with Crippen LogP contribution in [0.3, 0.4) is 0 Å². The minimum Gasteiger partial charge on any atom is -0.345 e. The third-order valence-electron chi connectivity index (χ3n) is 3.92. The number of hydrogen-bond acceptors (Lipinski definition) is 4. The van der Waals surface area contributed by atoms with Gasteiger partial charge in [-0.1, -0.05) is 11.3 Å². The molecule has 25 heavy (non-hydrogen) atoms. The van der Waals surface area contributed by atoms with Crippen LogP contribution in [0.25, 0.3) is 16.7 Å². The van der Waals surface area contributed by atoms with E-state index in [9.17, 15) is 4.79 Å². The molecule has 2 N–H and O–H groups in total. The highest BCUT2D eigenvalue weighted by Crippen LogP contribution is 2.13. The second-order valence-corrected chi connectivity index (χ2v) is 5.78. The van der Waals surface area contributed by atoms with Gasteiger partial charge in [-0.3, -0.25) is 4.79 Å². The molecule has 4 aromatic rings. The molecule has 2 aromatic heterocycles. The SMILES string of the molecule is Cc1ccc2nc(CNC(=O)c3ccc(-n4ccnn4)cc3)[nH]c2c1. The summed E-state index contributed by atoms with van der Waals surface area (Å²) in [7, 11) is 0. The summed E-state index contributed by atoms with van der Waals surface area (Å²) in [5.74, 6) is 0.579.